The molecular weight excluding hydrogens is 399 g/mol. The quantitative estimate of drug-likeness (QED) is 0.452. The van der Waals surface area contributed by atoms with Gasteiger partial charge in [0, 0.05) is 24.0 Å². The lowest BCUT2D eigenvalue weighted by Gasteiger charge is -2.07. The molecule has 2 aromatic carbocycles. The summed E-state index contributed by atoms with van der Waals surface area (Å²) in [5, 5.41) is 15.3. The van der Waals surface area contributed by atoms with Crippen molar-refractivity contribution in [2.24, 2.45) is 0 Å². The van der Waals surface area contributed by atoms with Gasteiger partial charge in [0.2, 0.25) is 0 Å². The molecular formula is C22H21FN6S. The van der Waals surface area contributed by atoms with Crippen molar-refractivity contribution in [1.82, 2.24) is 19.6 Å². The van der Waals surface area contributed by atoms with Gasteiger partial charge < -0.3 is 10.6 Å². The molecule has 0 bridgehead atoms. The van der Waals surface area contributed by atoms with E-state index in [1.165, 1.54) is 17.2 Å². The van der Waals surface area contributed by atoms with Crippen LogP contribution in [0.25, 0.3) is 0 Å². The fraction of sp³-hybridized carbons (Fsp3) is 0.136. The molecule has 0 aliphatic carbocycles. The minimum atomic E-state index is -0.249. The van der Waals surface area contributed by atoms with Crippen molar-refractivity contribution in [2.45, 2.75) is 20.0 Å². The van der Waals surface area contributed by atoms with E-state index in [2.05, 4.69) is 39.9 Å². The molecule has 2 aromatic heterocycles. The highest BCUT2D eigenvalue weighted by Crippen LogP contribution is 2.13. The standard InChI is InChI=1S/C22H21FN6S/c1-16-6-2-3-7-17(16)13-28-11-10-21(27-28)26-22(30)25-19-12-24-29(15-19)14-18-8-4-5-9-20(18)23/h2-12,15H,13-14H2,1H3,(H2,25,26,27,30). The number of hydrogen-bond donors (Lipinski definition) is 2. The van der Waals surface area contributed by atoms with Crippen LogP contribution in [0.5, 0.6) is 0 Å². The highest BCUT2D eigenvalue weighted by molar-refractivity contribution is 7.80. The molecule has 2 N–H and O–H groups in total. The van der Waals surface area contributed by atoms with Gasteiger partial charge in [-0.1, -0.05) is 42.5 Å². The molecule has 4 rings (SSSR count). The van der Waals surface area contributed by atoms with E-state index in [-0.39, 0.29) is 5.82 Å². The molecule has 0 fully saturated rings. The first-order chi connectivity index (χ1) is 14.6. The number of anilines is 2. The maximum absolute atomic E-state index is 13.8. The van der Waals surface area contributed by atoms with E-state index in [0.29, 0.717) is 35.3 Å². The normalized spacial score (nSPS) is 10.7. The molecule has 2 heterocycles. The molecule has 0 unspecified atom stereocenters. The highest BCUT2D eigenvalue weighted by atomic mass is 32.1. The lowest BCUT2D eigenvalue weighted by atomic mass is 10.1. The van der Waals surface area contributed by atoms with Crippen LogP contribution in [0.2, 0.25) is 0 Å². The lowest BCUT2D eigenvalue weighted by Crippen LogP contribution is -2.19. The Morgan fingerprint density at radius 1 is 0.967 bits per heavy atom. The maximum atomic E-state index is 13.8. The molecule has 30 heavy (non-hydrogen) atoms. The van der Waals surface area contributed by atoms with Gasteiger partial charge in [0.1, 0.15) is 5.82 Å². The first-order valence-electron chi connectivity index (χ1n) is 9.48. The summed E-state index contributed by atoms with van der Waals surface area (Å²) < 4.78 is 17.3. The van der Waals surface area contributed by atoms with Gasteiger partial charge in [-0.3, -0.25) is 9.36 Å². The summed E-state index contributed by atoms with van der Waals surface area (Å²) in [6.45, 7) is 3.12. The number of nitrogens with zero attached hydrogens (tertiary/aromatic N) is 4. The van der Waals surface area contributed by atoms with Crippen LogP contribution in [0.3, 0.4) is 0 Å². The van der Waals surface area contributed by atoms with Crippen LogP contribution in [-0.4, -0.2) is 24.7 Å². The number of aryl methyl sites for hydroxylation is 1. The zero-order chi connectivity index (χ0) is 20.9. The number of thiocarbonyl (C=S) groups is 1. The average Bonchev–Trinajstić information content (AvgIpc) is 3.35. The fourth-order valence-electron chi connectivity index (χ4n) is 3.07. The summed E-state index contributed by atoms with van der Waals surface area (Å²) in [6, 6.07) is 16.7. The Labute approximate surface area is 179 Å². The summed E-state index contributed by atoms with van der Waals surface area (Å²) in [5.74, 6) is 0.404. The van der Waals surface area contributed by atoms with Crippen molar-refractivity contribution in [1.29, 1.82) is 0 Å². The van der Waals surface area contributed by atoms with Gasteiger partial charge in [0.25, 0.3) is 0 Å². The number of aromatic nitrogens is 4. The van der Waals surface area contributed by atoms with Gasteiger partial charge in [-0.05, 0) is 36.3 Å². The second-order valence-corrected chi connectivity index (χ2v) is 7.33. The Kier molecular flexibility index (Phi) is 5.85. The molecule has 4 aromatic rings. The van der Waals surface area contributed by atoms with Crippen molar-refractivity contribution in [3.8, 4) is 0 Å². The molecule has 0 saturated carbocycles. The average molecular weight is 421 g/mol. The van der Waals surface area contributed by atoms with Gasteiger partial charge in [-0.2, -0.15) is 10.2 Å². The van der Waals surface area contributed by atoms with Crippen molar-refractivity contribution >= 4 is 28.8 Å². The molecule has 0 atom stereocenters. The zero-order valence-corrected chi connectivity index (χ0v) is 17.2. The van der Waals surface area contributed by atoms with E-state index in [1.54, 1.807) is 35.3 Å². The monoisotopic (exact) mass is 420 g/mol. The first-order valence-corrected chi connectivity index (χ1v) is 9.89. The van der Waals surface area contributed by atoms with Crippen LogP contribution in [0.15, 0.2) is 73.2 Å². The Morgan fingerprint density at radius 2 is 1.70 bits per heavy atom. The molecule has 0 radical (unpaired) electrons. The summed E-state index contributed by atoms with van der Waals surface area (Å²) in [7, 11) is 0. The van der Waals surface area contributed by atoms with Gasteiger partial charge >= 0.3 is 0 Å². The van der Waals surface area contributed by atoms with Gasteiger partial charge in [0.05, 0.1) is 25.0 Å². The SMILES string of the molecule is Cc1ccccc1Cn1ccc(NC(=S)Nc2cnn(Cc3ccccc3F)c2)n1. The highest BCUT2D eigenvalue weighted by Gasteiger charge is 2.07. The van der Waals surface area contributed by atoms with Crippen LogP contribution < -0.4 is 10.6 Å². The van der Waals surface area contributed by atoms with E-state index in [1.807, 2.05) is 29.1 Å². The van der Waals surface area contributed by atoms with E-state index >= 15 is 0 Å². The third-order valence-electron chi connectivity index (χ3n) is 4.66. The number of nitrogens with one attached hydrogen (secondary N) is 2. The van der Waals surface area contributed by atoms with Crippen LogP contribution in [0, 0.1) is 12.7 Å². The van der Waals surface area contributed by atoms with Gasteiger partial charge in [-0.15, -0.1) is 0 Å². The van der Waals surface area contributed by atoms with Crippen molar-refractivity contribution in [3.05, 3.63) is 95.7 Å². The van der Waals surface area contributed by atoms with E-state index in [0.717, 1.165) is 0 Å². The Bertz CT molecular complexity index is 1080. The zero-order valence-electron chi connectivity index (χ0n) is 16.4. The fourth-order valence-corrected chi connectivity index (χ4v) is 3.30. The largest absolute Gasteiger partial charge is 0.330 e. The second-order valence-electron chi connectivity index (χ2n) is 6.92. The number of hydrogen-bond acceptors (Lipinski definition) is 3. The van der Waals surface area contributed by atoms with Gasteiger partial charge in [-0.25, -0.2) is 4.39 Å². The lowest BCUT2D eigenvalue weighted by molar-refractivity contribution is 0.585. The van der Waals surface area contributed by atoms with Crippen molar-refractivity contribution < 1.29 is 4.39 Å². The van der Waals surface area contributed by atoms with E-state index in [4.69, 9.17) is 12.2 Å². The molecule has 0 spiro atoms. The number of benzene rings is 2. The van der Waals surface area contributed by atoms with Crippen molar-refractivity contribution in [3.63, 3.8) is 0 Å². The van der Waals surface area contributed by atoms with Crippen LogP contribution in [-0.2, 0) is 13.1 Å². The third kappa shape index (κ3) is 4.90. The molecule has 6 nitrogen and oxygen atoms in total. The summed E-state index contributed by atoms with van der Waals surface area (Å²) >= 11 is 5.37. The summed E-state index contributed by atoms with van der Waals surface area (Å²) in [5.41, 5.74) is 3.73. The van der Waals surface area contributed by atoms with Gasteiger partial charge in [0.15, 0.2) is 10.9 Å². The predicted octanol–water partition coefficient (Wildman–Crippen LogP) is 4.43. The summed E-state index contributed by atoms with van der Waals surface area (Å²) in [4.78, 5) is 0. The molecule has 8 heteroatoms. The molecule has 0 aliphatic rings. The van der Waals surface area contributed by atoms with E-state index < -0.39 is 0 Å². The molecule has 0 aliphatic heterocycles. The minimum absolute atomic E-state index is 0.249. The third-order valence-corrected chi connectivity index (χ3v) is 4.86. The van der Waals surface area contributed by atoms with E-state index in [9.17, 15) is 4.39 Å². The van der Waals surface area contributed by atoms with Crippen LogP contribution >= 0.6 is 12.2 Å². The minimum Gasteiger partial charge on any atom is -0.330 e. The smallest absolute Gasteiger partial charge is 0.176 e. The molecule has 0 amide bonds. The van der Waals surface area contributed by atoms with Crippen LogP contribution in [0.4, 0.5) is 15.9 Å². The summed E-state index contributed by atoms with van der Waals surface area (Å²) in [6.07, 6.45) is 5.33. The Morgan fingerprint density at radius 3 is 2.50 bits per heavy atom. The first kappa shape index (κ1) is 19.8. The Balaban J connectivity index is 1.33. The molecule has 0 saturated heterocycles. The van der Waals surface area contributed by atoms with Crippen molar-refractivity contribution in [2.75, 3.05) is 10.6 Å². The maximum Gasteiger partial charge on any atom is 0.176 e. The Hall–Kier alpha value is -3.52. The molecule has 152 valence electrons. The number of halogens is 1. The predicted molar refractivity (Wildman–Crippen MR) is 120 cm³/mol. The number of rotatable bonds is 6. The topological polar surface area (TPSA) is 59.7 Å². The van der Waals surface area contributed by atoms with Crippen LogP contribution in [0.1, 0.15) is 16.7 Å². The second kappa shape index (κ2) is 8.87.